The van der Waals surface area contributed by atoms with Gasteiger partial charge >= 0.3 is 0 Å². The van der Waals surface area contributed by atoms with Crippen molar-refractivity contribution >= 4 is 29.1 Å². The van der Waals surface area contributed by atoms with Gasteiger partial charge in [0.1, 0.15) is 24.1 Å². The second-order valence-corrected chi connectivity index (χ2v) is 6.52. The molecular weight excluding hydrogens is 394 g/mol. The van der Waals surface area contributed by atoms with Crippen molar-refractivity contribution in [1.82, 2.24) is 20.1 Å². The lowest BCUT2D eigenvalue weighted by Crippen LogP contribution is -2.25. The first kappa shape index (κ1) is 20.3. The maximum atomic E-state index is 12.3. The fraction of sp³-hybridized carbons (Fsp3) is 0.200. The minimum absolute atomic E-state index is 0.188. The number of amides is 2. The Hall–Kier alpha value is -3.39. The van der Waals surface area contributed by atoms with Crippen LogP contribution < -0.4 is 15.4 Å². The lowest BCUT2D eigenvalue weighted by atomic mass is 10.2. The number of para-hydroxylation sites is 1. The van der Waals surface area contributed by atoms with E-state index in [-0.39, 0.29) is 18.2 Å². The second-order valence-electron chi connectivity index (χ2n) is 6.11. The summed E-state index contributed by atoms with van der Waals surface area (Å²) in [6, 6.07) is 12.0. The van der Waals surface area contributed by atoms with Crippen molar-refractivity contribution in [3.8, 4) is 11.4 Å². The zero-order valence-electron chi connectivity index (χ0n) is 15.8. The van der Waals surface area contributed by atoms with Crippen molar-refractivity contribution in [2.45, 2.75) is 12.8 Å². The van der Waals surface area contributed by atoms with Crippen LogP contribution in [0.25, 0.3) is 5.69 Å². The van der Waals surface area contributed by atoms with Crippen LogP contribution in [0.15, 0.2) is 55.1 Å². The van der Waals surface area contributed by atoms with Crippen LogP contribution in [0.1, 0.15) is 23.2 Å². The molecular formula is C20H20ClN5O3. The number of hydrogen-bond acceptors (Lipinski definition) is 5. The van der Waals surface area contributed by atoms with E-state index < -0.39 is 0 Å². The van der Waals surface area contributed by atoms with Crippen LogP contribution in [0.5, 0.6) is 5.75 Å². The predicted molar refractivity (Wildman–Crippen MR) is 110 cm³/mol. The minimum atomic E-state index is -0.198. The standard InChI is InChI=1S/C20H20ClN5O3/c1-29-15-9-7-14(8-10-15)20(28)23-11-3-6-18(27)25-17-5-2-4-16(21)19(17)26-13-22-12-24-26/h2,4-5,7-10,12-13H,3,6,11H2,1H3,(H,23,28)(H,25,27). The molecule has 0 radical (unpaired) electrons. The molecule has 0 fully saturated rings. The number of carbonyl (C=O) groups excluding carboxylic acids is 2. The SMILES string of the molecule is COc1ccc(C(=O)NCCCC(=O)Nc2cccc(Cl)c2-n2cncn2)cc1. The average molecular weight is 414 g/mol. The molecule has 0 aliphatic heterocycles. The van der Waals surface area contributed by atoms with Gasteiger partial charge in [-0.05, 0) is 42.8 Å². The molecule has 9 heteroatoms. The average Bonchev–Trinajstić information content (AvgIpc) is 3.25. The Morgan fingerprint density at radius 1 is 1.17 bits per heavy atom. The van der Waals surface area contributed by atoms with Gasteiger partial charge in [-0.1, -0.05) is 17.7 Å². The lowest BCUT2D eigenvalue weighted by molar-refractivity contribution is -0.116. The van der Waals surface area contributed by atoms with Crippen LogP contribution >= 0.6 is 11.6 Å². The number of anilines is 1. The van der Waals surface area contributed by atoms with Crippen molar-refractivity contribution in [2.24, 2.45) is 0 Å². The third kappa shape index (κ3) is 5.32. The Bertz CT molecular complexity index is 974. The van der Waals surface area contributed by atoms with Crippen LogP contribution in [0.2, 0.25) is 5.02 Å². The van der Waals surface area contributed by atoms with Crippen molar-refractivity contribution in [2.75, 3.05) is 19.0 Å². The lowest BCUT2D eigenvalue weighted by Gasteiger charge is -2.12. The highest BCUT2D eigenvalue weighted by atomic mass is 35.5. The quantitative estimate of drug-likeness (QED) is 0.553. The largest absolute Gasteiger partial charge is 0.497 e. The summed E-state index contributed by atoms with van der Waals surface area (Å²) in [6.07, 6.45) is 3.63. The predicted octanol–water partition coefficient (Wildman–Crippen LogP) is 3.08. The molecule has 29 heavy (non-hydrogen) atoms. The number of nitrogens with zero attached hydrogens (tertiary/aromatic N) is 3. The Morgan fingerprint density at radius 3 is 2.66 bits per heavy atom. The number of nitrogens with one attached hydrogen (secondary N) is 2. The summed E-state index contributed by atoms with van der Waals surface area (Å²) in [5.74, 6) is 0.299. The molecule has 2 N–H and O–H groups in total. The molecule has 2 amide bonds. The molecule has 0 aliphatic rings. The number of hydrogen-bond donors (Lipinski definition) is 2. The molecule has 0 atom stereocenters. The molecule has 0 unspecified atom stereocenters. The smallest absolute Gasteiger partial charge is 0.251 e. The topological polar surface area (TPSA) is 98.1 Å². The summed E-state index contributed by atoms with van der Waals surface area (Å²) in [7, 11) is 1.57. The van der Waals surface area contributed by atoms with Gasteiger partial charge in [-0.3, -0.25) is 9.59 Å². The molecule has 1 heterocycles. The van der Waals surface area contributed by atoms with Crippen molar-refractivity contribution in [1.29, 1.82) is 0 Å². The second kappa shape index (κ2) is 9.70. The first-order valence-corrected chi connectivity index (χ1v) is 9.32. The number of benzene rings is 2. The van der Waals surface area contributed by atoms with Gasteiger partial charge in [-0.15, -0.1) is 0 Å². The van der Waals surface area contributed by atoms with Gasteiger partial charge in [0, 0.05) is 18.5 Å². The number of rotatable bonds is 8. The van der Waals surface area contributed by atoms with Crippen LogP contribution in [0, 0.1) is 0 Å². The highest BCUT2D eigenvalue weighted by Crippen LogP contribution is 2.27. The number of ether oxygens (including phenoxy) is 1. The van der Waals surface area contributed by atoms with E-state index >= 15 is 0 Å². The molecule has 150 valence electrons. The molecule has 3 aromatic rings. The van der Waals surface area contributed by atoms with E-state index in [0.29, 0.717) is 40.7 Å². The van der Waals surface area contributed by atoms with Gasteiger partial charge in [0.05, 0.1) is 17.8 Å². The van der Waals surface area contributed by atoms with E-state index in [9.17, 15) is 9.59 Å². The first-order valence-electron chi connectivity index (χ1n) is 8.94. The van der Waals surface area contributed by atoms with Gasteiger partial charge in [0.2, 0.25) is 5.91 Å². The number of carbonyl (C=O) groups is 2. The van der Waals surface area contributed by atoms with Gasteiger partial charge in [0.25, 0.3) is 5.91 Å². The van der Waals surface area contributed by atoms with Gasteiger partial charge in [-0.25, -0.2) is 9.67 Å². The molecule has 8 nitrogen and oxygen atoms in total. The van der Waals surface area contributed by atoms with E-state index in [0.717, 1.165) is 0 Å². The summed E-state index contributed by atoms with van der Waals surface area (Å²) in [6.45, 7) is 0.379. The molecule has 3 rings (SSSR count). The zero-order chi connectivity index (χ0) is 20.6. The van der Waals surface area contributed by atoms with Crippen LogP contribution in [-0.2, 0) is 4.79 Å². The van der Waals surface area contributed by atoms with Crippen LogP contribution in [0.4, 0.5) is 5.69 Å². The maximum absolute atomic E-state index is 12.3. The van der Waals surface area contributed by atoms with Crippen molar-refractivity contribution in [3.05, 3.63) is 65.7 Å². The normalized spacial score (nSPS) is 10.4. The zero-order valence-corrected chi connectivity index (χ0v) is 16.5. The van der Waals surface area contributed by atoms with E-state index in [1.54, 1.807) is 49.6 Å². The summed E-state index contributed by atoms with van der Waals surface area (Å²) in [5, 5.41) is 10.1. The molecule has 0 aliphatic carbocycles. The Morgan fingerprint density at radius 2 is 1.97 bits per heavy atom. The summed E-state index contributed by atoms with van der Waals surface area (Å²) in [5.41, 5.74) is 1.62. The van der Waals surface area contributed by atoms with Gasteiger partial charge in [0.15, 0.2) is 0 Å². The number of methoxy groups -OCH3 is 1. The Balaban J connectivity index is 1.49. The summed E-state index contributed by atoms with van der Waals surface area (Å²) in [4.78, 5) is 28.3. The van der Waals surface area contributed by atoms with Gasteiger partial charge < -0.3 is 15.4 Å². The van der Waals surface area contributed by atoms with E-state index in [2.05, 4.69) is 20.7 Å². The van der Waals surface area contributed by atoms with E-state index in [1.807, 2.05) is 0 Å². The van der Waals surface area contributed by atoms with Crippen molar-refractivity contribution in [3.63, 3.8) is 0 Å². The molecule has 2 aromatic carbocycles. The molecule has 0 bridgehead atoms. The van der Waals surface area contributed by atoms with Crippen LogP contribution in [0.3, 0.4) is 0 Å². The fourth-order valence-electron chi connectivity index (χ4n) is 2.68. The van der Waals surface area contributed by atoms with Gasteiger partial charge in [-0.2, -0.15) is 5.10 Å². The third-order valence-corrected chi connectivity index (χ3v) is 4.43. The molecule has 0 spiro atoms. The highest BCUT2D eigenvalue weighted by Gasteiger charge is 2.13. The Labute approximate surface area is 172 Å². The minimum Gasteiger partial charge on any atom is -0.497 e. The number of aromatic nitrogens is 3. The molecule has 0 saturated carbocycles. The van der Waals surface area contributed by atoms with E-state index in [1.165, 1.54) is 17.3 Å². The van der Waals surface area contributed by atoms with E-state index in [4.69, 9.17) is 16.3 Å². The molecule has 1 aromatic heterocycles. The third-order valence-electron chi connectivity index (χ3n) is 4.13. The Kier molecular flexibility index (Phi) is 6.80. The monoisotopic (exact) mass is 413 g/mol. The summed E-state index contributed by atoms with van der Waals surface area (Å²) < 4.78 is 6.56. The molecule has 0 saturated heterocycles. The first-order chi connectivity index (χ1) is 14.1. The fourth-order valence-corrected chi connectivity index (χ4v) is 2.94. The maximum Gasteiger partial charge on any atom is 0.251 e. The van der Waals surface area contributed by atoms with Crippen molar-refractivity contribution < 1.29 is 14.3 Å². The highest BCUT2D eigenvalue weighted by molar-refractivity contribution is 6.33. The van der Waals surface area contributed by atoms with Crippen LogP contribution in [-0.4, -0.2) is 40.2 Å². The number of halogens is 1. The summed E-state index contributed by atoms with van der Waals surface area (Å²) >= 11 is 6.25.